The molecule has 0 radical (unpaired) electrons. The van der Waals surface area contributed by atoms with Gasteiger partial charge < -0.3 is 15.8 Å². The predicted octanol–water partition coefficient (Wildman–Crippen LogP) is 2.07. The molecule has 0 spiro atoms. The van der Waals surface area contributed by atoms with Crippen LogP contribution in [0.2, 0.25) is 0 Å². The van der Waals surface area contributed by atoms with E-state index in [0.29, 0.717) is 24.8 Å². The molecule has 3 N–H and O–H groups in total. The van der Waals surface area contributed by atoms with Crippen molar-refractivity contribution in [3.05, 3.63) is 29.6 Å². The fraction of sp³-hybridized carbons (Fsp3) is 0.529. The molecule has 0 aliphatic heterocycles. The lowest BCUT2D eigenvalue weighted by atomic mass is 9.81. The summed E-state index contributed by atoms with van der Waals surface area (Å²) < 4.78 is 18.5. The number of rotatable bonds is 6. The largest absolute Gasteiger partial charge is 0.494 e. The molecule has 23 heavy (non-hydrogen) atoms. The summed E-state index contributed by atoms with van der Waals surface area (Å²) in [6, 6.07) is 4.62. The van der Waals surface area contributed by atoms with Crippen molar-refractivity contribution in [2.45, 2.75) is 50.5 Å². The summed E-state index contributed by atoms with van der Waals surface area (Å²) in [7, 11) is 1.40. The first kappa shape index (κ1) is 17.2. The maximum Gasteiger partial charge on any atom is 0.243 e. The van der Waals surface area contributed by atoms with Crippen molar-refractivity contribution in [3.8, 4) is 5.75 Å². The van der Waals surface area contributed by atoms with Crippen LogP contribution in [0.3, 0.4) is 0 Å². The zero-order valence-corrected chi connectivity index (χ0v) is 13.4. The van der Waals surface area contributed by atoms with Crippen LogP contribution in [0.5, 0.6) is 5.75 Å². The van der Waals surface area contributed by atoms with Gasteiger partial charge >= 0.3 is 0 Å². The quantitative estimate of drug-likeness (QED) is 0.841. The molecule has 2 amide bonds. The number of nitrogens with one attached hydrogen (secondary N) is 1. The highest BCUT2D eigenvalue weighted by atomic mass is 19.1. The Balaban J connectivity index is 1.94. The number of carbonyl (C=O) groups is 2. The molecular weight excluding hydrogens is 299 g/mol. The molecule has 0 aromatic heterocycles. The topological polar surface area (TPSA) is 81.4 Å². The third kappa shape index (κ3) is 4.21. The summed E-state index contributed by atoms with van der Waals surface area (Å²) in [5.74, 6) is -0.984. The first-order valence-electron chi connectivity index (χ1n) is 7.90. The molecule has 1 aromatic carbocycles. The third-order valence-corrected chi connectivity index (χ3v) is 4.41. The lowest BCUT2D eigenvalue weighted by molar-refractivity contribution is -0.132. The van der Waals surface area contributed by atoms with Gasteiger partial charge in [0.05, 0.1) is 7.11 Å². The van der Waals surface area contributed by atoms with E-state index in [2.05, 4.69) is 5.32 Å². The second-order valence-electron chi connectivity index (χ2n) is 6.02. The van der Waals surface area contributed by atoms with E-state index in [1.54, 1.807) is 6.07 Å². The second kappa shape index (κ2) is 7.44. The van der Waals surface area contributed by atoms with Crippen molar-refractivity contribution in [2.24, 2.45) is 5.73 Å². The number of aryl methyl sites for hydroxylation is 1. The van der Waals surface area contributed by atoms with Crippen molar-refractivity contribution < 1.29 is 18.7 Å². The molecule has 6 heteroatoms. The van der Waals surface area contributed by atoms with E-state index in [1.807, 2.05) is 0 Å². The normalized spacial score (nSPS) is 16.6. The molecule has 1 aliphatic carbocycles. The number of methoxy groups -OCH3 is 1. The maximum absolute atomic E-state index is 13.6. The molecule has 1 saturated carbocycles. The van der Waals surface area contributed by atoms with Crippen molar-refractivity contribution in [1.29, 1.82) is 0 Å². The molecule has 2 rings (SSSR count). The van der Waals surface area contributed by atoms with Gasteiger partial charge in [-0.05, 0) is 37.0 Å². The van der Waals surface area contributed by atoms with Crippen LogP contribution < -0.4 is 15.8 Å². The van der Waals surface area contributed by atoms with Gasteiger partial charge in [-0.15, -0.1) is 0 Å². The fourth-order valence-electron chi connectivity index (χ4n) is 3.04. The second-order valence-corrected chi connectivity index (χ2v) is 6.02. The Morgan fingerprint density at radius 2 is 2.00 bits per heavy atom. The Labute approximate surface area is 135 Å². The Hall–Kier alpha value is -2.11. The van der Waals surface area contributed by atoms with Crippen molar-refractivity contribution in [3.63, 3.8) is 0 Å². The van der Waals surface area contributed by atoms with Crippen LogP contribution in [0.4, 0.5) is 4.39 Å². The average molecular weight is 322 g/mol. The van der Waals surface area contributed by atoms with Crippen molar-refractivity contribution in [1.82, 2.24) is 5.32 Å². The number of primary amides is 1. The molecule has 0 unspecified atom stereocenters. The molecule has 0 saturated heterocycles. The van der Waals surface area contributed by atoms with Gasteiger partial charge in [0, 0.05) is 6.42 Å². The lowest BCUT2D eigenvalue weighted by Crippen LogP contribution is -2.58. The summed E-state index contributed by atoms with van der Waals surface area (Å²) in [5.41, 5.74) is 5.28. The zero-order chi connectivity index (χ0) is 16.9. The smallest absolute Gasteiger partial charge is 0.243 e. The van der Waals surface area contributed by atoms with Gasteiger partial charge in [-0.25, -0.2) is 4.39 Å². The van der Waals surface area contributed by atoms with E-state index in [4.69, 9.17) is 10.5 Å². The molecule has 0 bridgehead atoms. The van der Waals surface area contributed by atoms with Gasteiger partial charge in [-0.1, -0.05) is 25.3 Å². The minimum Gasteiger partial charge on any atom is -0.494 e. The molecule has 126 valence electrons. The molecule has 1 aliphatic rings. The fourth-order valence-corrected chi connectivity index (χ4v) is 3.04. The van der Waals surface area contributed by atoms with Crippen LogP contribution in [-0.4, -0.2) is 24.5 Å². The van der Waals surface area contributed by atoms with E-state index < -0.39 is 17.3 Å². The third-order valence-electron chi connectivity index (χ3n) is 4.41. The molecule has 1 aromatic rings. The number of amides is 2. The first-order chi connectivity index (χ1) is 11.0. The molecule has 0 atom stereocenters. The highest BCUT2D eigenvalue weighted by molar-refractivity contribution is 5.90. The van der Waals surface area contributed by atoms with E-state index in [1.165, 1.54) is 19.2 Å². The molecule has 0 heterocycles. The maximum atomic E-state index is 13.6. The van der Waals surface area contributed by atoms with Crippen LogP contribution in [0.15, 0.2) is 18.2 Å². The minimum atomic E-state index is -0.916. The van der Waals surface area contributed by atoms with E-state index in [0.717, 1.165) is 19.3 Å². The van der Waals surface area contributed by atoms with Gasteiger partial charge in [0.15, 0.2) is 11.6 Å². The monoisotopic (exact) mass is 322 g/mol. The Kier molecular flexibility index (Phi) is 5.58. The molecule has 5 nitrogen and oxygen atoms in total. The number of hydrogen-bond acceptors (Lipinski definition) is 3. The van der Waals surface area contributed by atoms with Crippen molar-refractivity contribution in [2.75, 3.05) is 7.11 Å². The van der Waals surface area contributed by atoms with Gasteiger partial charge in [0.25, 0.3) is 0 Å². The predicted molar refractivity (Wildman–Crippen MR) is 84.4 cm³/mol. The SMILES string of the molecule is COc1ccc(CCC(=O)NC2(C(N)=O)CCCCC2)cc1F. The Morgan fingerprint density at radius 3 is 2.57 bits per heavy atom. The average Bonchev–Trinajstić information content (AvgIpc) is 2.54. The van der Waals surface area contributed by atoms with Crippen LogP contribution in [-0.2, 0) is 16.0 Å². The van der Waals surface area contributed by atoms with Gasteiger partial charge in [0.1, 0.15) is 5.54 Å². The van der Waals surface area contributed by atoms with Crippen LogP contribution in [0, 0.1) is 5.82 Å². The van der Waals surface area contributed by atoms with Gasteiger partial charge in [-0.3, -0.25) is 9.59 Å². The Bertz CT molecular complexity index is 583. The standard InChI is InChI=1S/C17H23FN2O3/c1-23-14-7-5-12(11-13(14)18)6-8-15(21)20-17(16(19)22)9-3-2-4-10-17/h5,7,11H,2-4,6,8-10H2,1H3,(H2,19,22)(H,20,21). The summed E-state index contributed by atoms with van der Waals surface area (Å²) in [6.45, 7) is 0. The van der Waals surface area contributed by atoms with Gasteiger partial charge in [-0.2, -0.15) is 0 Å². The number of carbonyl (C=O) groups excluding carboxylic acids is 2. The zero-order valence-electron chi connectivity index (χ0n) is 13.4. The van der Waals surface area contributed by atoms with Gasteiger partial charge in [0.2, 0.25) is 11.8 Å². The summed E-state index contributed by atoms with van der Waals surface area (Å²) >= 11 is 0. The summed E-state index contributed by atoms with van der Waals surface area (Å²) in [4.78, 5) is 23.9. The first-order valence-corrected chi connectivity index (χ1v) is 7.90. The number of hydrogen-bond donors (Lipinski definition) is 2. The minimum absolute atomic E-state index is 0.174. The van der Waals surface area contributed by atoms with Crippen LogP contribution in [0.1, 0.15) is 44.1 Å². The molecule has 1 fully saturated rings. The van der Waals surface area contributed by atoms with E-state index in [-0.39, 0.29) is 18.1 Å². The number of nitrogens with two attached hydrogens (primary N) is 1. The van der Waals surface area contributed by atoms with Crippen LogP contribution in [0.25, 0.3) is 0 Å². The summed E-state index contributed by atoms with van der Waals surface area (Å²) in [5, 5.41) is 2.81. The lowest BCUT2D eigenvalue weighted by Gasteiger charge is -2.35. The number of benzene rings is 1. The van der Waals surface area contributed by atoms with Crippen LogP contribution >= 0.6 is 0 Å². The van der Waals surface area contributed by atoms with Crippen molar-refractivity contribution >= 4 is 11.8 Å². The highest BCUT2D eigenvalue weighted by Gasteiger charge is 2.38. The summed E-state index contributed by atoms with van der Waals surface area (Å²) in [6.07, 6.45) is 4.56. The number of ether oxygens (including phenoxy) is 1. The number of halogens is 1. The Morgan fingerprint density at radius 1 is 1.30 bits per heavy atom. The highest BCUT2D eigenvalue weighted by Crippen LogP contribution is 2.28. The van der Waals surface area contributed by atoms with E-state index in [9.17, 15) is 14.0 Å². The van der Waals surface area contributed by atoms with E-state index >= 15 is 0 Å². The molecular formula is C17H23FN2O3.